The van der Waals surface area contributed by atoms with Gasteiger partial charge in [-0.2, -0.15) is 5.10 Å². The lowest BCUT2D eigenvalue weighted by Crippen LogP contribution is -2.26. The quantitative estimate of drug-likeness (QED) is 0.655. The fraction of sp³-hybridized carbons (Fsp3) is 0.231. The molecule has 8 heteroatoms. The first-order valence-electron chi connectivity index (χ1n) is 6.03. The van der Waals surface area contributed by atoms with E-state index in [0.717, 1.165) is 17.3 Å². The van der Waals surface area contributed by atoms with Gasteiger partial charge in [-0.1, -0.05) is 35.5 Å². The predicted molar refractivity (Wildman–Crippen MR) is 82.9 cm³/mol. The highest BCUT2D eigenvalue weighted by atomic mass is 35.5. The van der Waals surface area contributed by atoms with Crippen LogP contribution in [-0.2, 0) is 9.59 Å². The van der Waals surface area contributed by atoms with Crippen molar-refractivity contribution in [2.75, 3.05) is 0 Å². The molecule has 1 aromatic rings. The van der Waals surface area contributed by atoms with E-state index in [1.807, 2.05) is 12.1 Å². The van der Waals surface area contributed by atoms with E-state index in [1.165, 1.54) is 0 Å². The number of amidine groups is 1. The van der Waals surface area contributed by atoms with E-state index in [0.29, 0.717) is 15.9 Å². The first kappa shape index (κ1) is 15.5. The molecule has 6 nitrogen and oxygen atoms in total. The predicted octanol–water partition coefficient (Wildman–Crippen LogP) is 2.13. The second-order valence-corrected chi connectivity index (χ2v) is 5.92. The molecule has 21 heavy (non-hydrogen) atoms. The summed E-state index contributed by atoms with van der Waals surface area (Å²) < 4.78 is 0. The van der Waals surface area contributed by atoms with E-state index in [4.69, 9.17) is 16.7 Å². The molecule has 1 aliphatic heterocycles. The summed E-state index contributed by atoms with van der Waals surface area (Å²) in [5.74, 6) is -1.38. The molecule has 1 heterocycles. The van der Waals surface area contributed by atoms with Gasteiger partial charge in [-0.15, -0.1) is 5.10 Å². The zero-order chi connectivity index (χ0) is 15.4. The first-order chi connectivity index (χ1) is 9.95. The van der Waals surface area contributed by atoms with E-state index in [-0.39, 0.29) is 12.3 Å². The van der Waals surface area contributed by atoms with Gasteiger partial charge in [0.05, 0.1) is 12.1 Å². The Hall–Kier alpha value is -1.86. The van der Waals surface area contributed by atoms with E-state index >= 15 is 0 Å². The van der Waals surface area contributed by atoms with Crippen LogP contribution in [0.1, 0.15) is 18.9 Å². The molecule has 2 N–H and O–H groups in total. The van der Waals surface area contributed by atoms with Gasteiger partial charge in [-0.05, 0) is 24.6 Å². The monoisotopic (exact) mass is 325 g/mol. The highest BCUT2D eigenvalue weighted by Crippen LogP contribution is 2.22. The third kappa shape index (κ3) is 4.30. The number of nitrogens with zero attached hydrogens (tertiary/aromatic N) is 2. The standard InChI is InChI=1S/C13H12ClN3O3S/c1-7(8-2-4-9(14)5-3-8)16-17-13-15-12(20)10(21-13)6-11(18)19/h2-5,10H,6H2,1H3,(H,18,19)(H,15,17,20)/t10-/m1/s1. The maximum absolute atomic E-state index is 11.5. The number of benzene rings is 1. The number of carboxylic acids is 1. The summed E-state index contributed by atoms with van der Waals surface area (Å²) in [4.78, 5) is 22.1. The summed E-state index contributed by atoms with van der Waals surface area (Å²) >= 11 is 6.87. The van der Waals surface area contributed by atoms with Crippen LogP contribution in [0.5, 0.6) is 0 Å². The minimum Gasteiger partial charge on any atom is -0.481 e. The Morgan fingerprint density at radius 3 is 2.71 bits per heavy atom. The number of halogens is 1. The third-order valence-electron chi connectivity index (χ3n) is 2.69. The Kier molecular flexibility index (Phi) is 4.98. The molecular formula is C13H12ClN3O3S. The maximum Gasteiger partial charge on any atom is 0.305 e. The van der Waals surface area contributed by atoms with Gasteiger partial charge in [0.2, 0.25) is 5.91 Å². The molecule has 1 atom stereocenters. The zero-order valence-electron chi connectivity index (χ0n) is 11.0. The van der Waals surface area contributed by atoms with Gasteiger partial charge in [-0.25, -0.2) is 0 Å². The number of amides is 1. The summed E-state index contributed by atoms with van der Waals surface area (Å²) in [6.07, 6.45) is -0.241. The van der Waals surface area contributed by atoms with Crippen LogP contribution in [0.15, 0.2) is 34.5 Å². The molecule has 1 aliphatic rings. The minimum absolute atomic E-state index is 0.241. The Morgan fingerprint density at radius 2 is 2.10 bits per heavy atom. The number of nitrogens with one attached hydrogen (secondary N) is 1. The van der Waals surface area contributed by atoms with E-state index < -0.39 is 11.2 Å². The number of carboxylic acid groups (broad SMARTS) is 1. The molecule has 0 bridgehead atoms. The highest BCUT2D eigenvalue weighted by Gasteiger charge is 2.32. The molecule has 0 radical (unpaired) electrons. The van der Waals surface area contributed by atoms with Crippen molar-refractivity contribution in [3.63, 3.8) is 0 Å². The van der Waals surface area contributed by atoms with Gasteiger partial charge < -0.3 is 10.4 Å². The topological polar surface area (TPSA) is 91.1 Å². The SMILES string of the molecule is CC(=NN=C1NC(=O)[C@@H](CC(=O)O)S1)c1ccc(Cl)cc1. The van der Waals surface area contributed by atoms with Gasteiger partial charge >= 0.3 is 5.97 Å². The number of carbonyl (C=O) groups excluding carboxylic acids is 1. The smallest absolute Gasteiger partial charge is 0.305 e. The Morgan fingerprint density at radius 1 is 1.43 bits per heavy atom. The summed E-state index contributed by atoms with van der Waals surface area (Å²) in [7, 11) is 0. The highest BCUT2D eigenvalue weighted by molar-refractivity contribution is 8.15. The lowest BCUT2D eigenvalue weighted by Gasteiger charge is -1.99. The van der Waals surface area contributed by atoms with Crippen LogP contribution in [0.25, 0.3) is 0 Å². The summed E-state index contributed by atoms with van der Waals surface area (Å²) in [5.41, 5.74) is 1.52. The summed E-state index contributed by atoms with van der Waals surface area (Å²) in [6, 6.07) is 7.12. The fourth-order valence-corrected chi connectivity index (χ4v) is 2.65. The van der Waals surface area contributed by atoms with E-state index in [9.17, 15) is 9.59 Å². The Labute approximate surface area is 130 Å². The molecule has 1 saturated heterocycles. The number of aliphatic carboxylic acids is 1. The Balaban J connectivity index is 2.07. The molecule has 1 amide bonds. The zero-order valence-corrected chi connectivity index (χ0v) is 12.6. The molecule has 0 aromatic heterocycles. The van der Waals surface area contributed by atoms with Crippen LogP contribution in [0.2, 0.25) is 5.02 Å². The molecular weight excluding hydrogens is 314 g/mol. The summed E-state index contributed by atoms with van der Waals surface area (Å²) in [6.45, 7) is 1.78. The van der Waals surface area contributed by atoms with Crippen LogP contribution in [0, 0.1) is 0 Å². The lowest BCUT2D eigenvalue weighted by atomic mass is 10.1. The molecule has 1 aromatic carbocycles. The third-order valence-corrected chi connectivity index (χ3v) is 4.01. The van der Waals surface area contributed by atoms with Gasteiger partial charge in [0.25, 0.3) is 0 Å². The number of hydrogen-bond acceptors (Lipinski definition) is 5. The van der Waals surface area contributed by atoms with Crippen molar-refractivity contribution in [1.29, 1.82) is 0 Å². The van der Waals surface area contributed by atoms with Crippen molar-refractivity contribution in [3.05, 3.63) is 34.9 Å². The van der Waals surface area contributed by atoms with E-state index in [2.05, 4.69) is 15.5 Å². The molecule has 2 rings (SSSR count). The molecule has 0 saturated carbocycles. The number of thioether (sulfide) groups is 1. The van der Waals surface area contributed by atoms with Crippen molar-refractivity contribution in [3.8, 4) is 0 Å². The van der Waals surface area contributed by atoms with Gasteiger partial charge in [0.1, 0.15) is 5.25 Å². The number of carbonyl (C=O) groups is 2. The van der Waals surface area contributed by atoms with Crippen molar-refractivity contribution in [2.24, 2.45) is 10.2 Å². The summed E-state index contributed by atoms with van der Waals surface area (Å²) in [5, 5.41) is 19.5. The number of hydrogen-bond donors (Lipinski definition) is 2. The van der Waals surface area contributed by atoms with E-state index in [1.54, 1.807) is 19.1 Å². The maximum atomic E-state index is 11.5. The minimum atomic E-state index is -1.02. The van der Waals surface area contributed by atoms with Crippen LogP contribution in [-0.4, -0.2) is 33.1 Å². The lowest BCUT2D eigenvalue weighted by molar-refractivity contribution is -0.138. The second-order valence-electron chi connectivity index (χ2n) is 4.29. The van der Waals surface area contributed by atoms with Crippen LogP contribution in [0.4, 0.5) is 0 Å². The fourth-order valence-electron chi connectivity index (χ4n) is 1.61. The molecule has 0 spiro atoms. The largest absolute Gasteiger partial charge is 0.481 e. The molecule has 0 aliphatic carbocycles. The molecule has 0 unspecified atom stereocenters. The van der Waals surface area contributed by atoms with Crippen LogP contribution < -0.4 is 5.32 Å². The normalized spacial score (nSPS) is 20.7. The average Bonchev–Trinajstić information content (AvgIpc) is 2.77. The van der Waals surface area contributed by atoms with Gasteiger partial charge in [-0.3, -0.25) is 9.59 Å². The van der Waals surface area contributed by atoms with Crippen molar-refractivity contribution < 1.29 is 14.7 Å². The van der Waals surface area contributed by atoms with Crippen molar-refractivity contribution in [1.82, 2.24) is 5.32 Å². The van der Waals surface area contributed by atoms with Gasteiger partial charge in [0.15, 0.2) is 5.17 Å². The molecule has 1 fully saturated rings. The van der Waals surface area contributed by atoms with Crippen molar-refractivity contribution >= 4 is 46.1 Å². The second kappa shape index (κ2) is 6.73. The first-order valence-corrected chi connectivity index (χ1v) is 7.29. The molecule has 110 valence electrons. The van der Waals surface area contributed by atoms with Crippen LogP contribution in [0.3, 0.4) is 0 Å². The number of rotatable bonds is 4. The Bertz CT molecular complexity index is 628. The average molecular weight is 326 g/mol. The van der Waals surface area contributed by atoms with Crippen LogP contribution >= 0.6 is 23.4 Å². The van der Waals surface area contributed by atoms with Gasteiger partial charge in [0, 0.05) is 5.02 Å². The van der Waals surface area contributed by atoms with Crippen molar-refractivity contribution in [2.45, 2.75) is 18.6 Å².